The molecule has 1 aromatic heterocycles. The molecule has 3 aromatic rings. The van der Waals surface area contributed by atoms with E-state index in [9.17, 15) is 0 Å². The van der Waals surface area contributed by atoms with Crippen LogP contribution < -0.4 is 5.32 Å². The summed E-state index contributed by atoms with van der Waals surface area (Å²) < 4.78 is 5.91. The number of nitrogens with zero attached hydrogens (tertiary/aromatic N) is 1. The van der Waals surface area contributed by atoms with Crippen molar-refractivity contribution in [2.75, 3.05) is 6.54 Å². The van der Waals surface area contributed by atoms with Crippen LogP contribution in [0.4, 0.5) is 0 Å². The highest BCUT2D eigenvalue weighted by atomic mass is 35.5. The van der Waals surface area contributed by atoms with E-state index in [1.165, 1.54) is 11.1 Å². The second-order valence-electron chi connectivity index (χ2n) is 5.17. The van der Waals surface area contributed by atoms with Gasteiger partial charge in [0, 0.05) is 18.1 Å². The van der Waals surface area contributed by atoms with Crippen molar-refractivity contribution in [2.24, 2.45) is 0 Å². The number of rotatable bonds is 1. The first kappa shape index (κ1) is 13.1. The molecule has 2 aromatic carbocycles. The van der Waals surface area contributed by atoms with Crippen LogP contribution in [0.5, 0.6) is 0 Å². The van der Waals surface area contributed by atoms with E-state index in [1.807, 2.05) is 12.1 Å². The fraction of sp³-hybridized carbons (Fsp3) is 0.188. The van der Waals surface area contributed by atoms with E-state index in [0.29, 0.717) is 27.0 Å². The number of fused-ring (bicyclic) bond motifs is 2. The molecule has 0 spiro atoms. The zero-order chi connectivity index (χ0) is 14.4. The Balaban J connectivity index is 1.86. The first-order valence-electron chi connectivity index (χ1n) is 6.76. The van der Waals surface area contributed by atoms with E-state index in [1.54, 1.807) is 12.1 Å². The Bertz CT molecular complexity index is 828. The number of nitrogens with one attached hydrogen (secondary N) is 1. The molecule has 0 aliphatic carbocycles. The monoisotopic (exact) mass is 318 g/mol. The minimum Gasteiger partial charge on any atom is -0.438 e. The third-order valence-electron chi connectivity index (χ3n) is 3.82. The van der Waals surface area contributed by atoms with Gasteiger partial charge in [-0.1, -0.05) is 47.5 Å². The van der Waals surface area contributed by atoms with E-state index in [4.69, 9.17) is 27.6 Å². The summed E-state index contributed by atoms with van der Waals surface area (Å²) in [6.07, 6.45) is 0. The van der Waals surface area contributed by atoms with Gasteiger partial charge in [-0.05, 0) is 23.3 Å². The third kappa shape index (κ3) is 2.22. The number of oxazole rings is 1. The summed E-state index contributed by atoms with van der Waals surface area (Å²) in [5.41, 5.74) is 3.83. The Morgan fingerprint density at radius 1 is 1.19 bits per heavy atom. The zero-order valence-electron chi connectivity index (χ0n) is 11.1. The summed E-state index contributed by atoms with van der Waals surface area (Å²) in [6.45, 7) is 1.68. The average Bonchev–Trinajstić information content (AvgIpc) is 2.90. The van der Waals surface area contributed by atoms with Crippen molar-refractivity contribution in [3.8, 4) is 0 Å². The van der Waals surface area contributed by atoms with Gasteiger partial charge >= 0.3 is 0 Å². The van der Waals surface area contributed by atoms with E-state index in [0.717, 1.165) is 13.1 Å². The normalized spacial score (nSPS) is 17.9. The molecule has 3 nitrogen and oxygen atoms in total. The lowest BCUT2D eigenvalue weighted by Crippen LogP contribution is -2.28. The van der Waals surface area contributed by atoms with Crippen LogP contribution in [0.25, 0.3) is 11.1 Å². The van der Waals surface area contributed by atoms with Gasteiger partial charge in [0.05, 0.1) is 10.9 Å². The maximum atomic E-state index is 6.18. The molecule has 0 bridgehead atoms. The predicted octanol–water partition coefficient (Wildman–Crippen LogP) is 4.37. The molecule has 2 heterocycles. The first-order chi connectivity index (χ1) is 10.2. The summed E-state index contributed by atoms with van der Waals surface area (Å²) in [4.78, 5) is 4.58. The molecule has 4 rings (SSSR count). The van der Waals surface area contributed by atoms with Crippen molar-refractivity contribution < 1.29 is 4.42 Å². The average molecular weight is 319 g/mol. The topological polar surface area (TPSA) is 38.1 Å². The molecule has 0 fully saturated rings. The van der Waals surface area contributed by atoms with Gasteiger partial charge in [-0.3, -0.25) is 0 Å². The van der Waals surface area contributed by atoms with Crippen molar-refractivity contribution >= 4 is 34.3 Å². The molecule has 0 amide bonds. The Morgan fingerprint density at radius 2 is 2.05 bits per heavy atom. The van der Waals surface area contributed by atoms with Crippen LogP contribution in [0.15, 0.2) is 40.8 Å². The highest BCUT2D eigenvalue weighted by Gasteiger charge is 2.26. The molecule has 1 unspecified atom stereocenters. The molecular formula is C16H12Cl2N2O. The van der Waals surface area contributed by atoms with Crippen molar-refractivity contribution in [1.29, 1.82) is 0 Å². The molecule has 5 heteroatoms. The Morgan fingerprint density at radius 3 is 2.95 bits per heavy atom. The largest absolute Gasteiger partial charge is 0.438 e. The summed E-state index contributed by atoms with van der Waals surface area (Å²) in [6, 6.07) is 11.8. The van der Waals surface area contributed by atoms with Crippen molar-refractivity contribution in [2.45, 2.75) is 12.5 Å². The van der Waals surface area contributed by atoms with Gasteiger partial charge in [-0.2, -0.15) is 0 Å². The minimum absolute atomic E-state index is 0.0946. The number of halogens is 2. The Hall–Kier alpha value is -1.55. The second kappa shape index (κ2) is 5.02. The van der Waals surface area contributed by atoms with E-state index < -0.39 is 0 Å². The van der Waals surface area contributed by atoms with Gasteiger partial charge < -0.3 is 9.73 Å². The minimum atomic E-state index is 0.0946. The van der Waals surface area contributed by atoms with Gasteiger partial charge in [0.1, 0.15) is 5.52 Å². The number of benzene rings is 2. The van der Waals surface area contributed by atoms with Crippen LogP contribution >= 0.6 is 23.2 Å². The molecular weight excluding hydrogens is 307 g/mol. The number of hydrogen-bond acceptors (Lipinski definition) is 3. The van der Waals surface area contributed by atoms with E-state index >= 15 is 0 Å². The highest BCUT2D eigenvalue weighted by molar-refractivity contribution is 6.37. The van der Waals surface area contributed by atoms with Gasteiger partial charge in [-0.25, -0.2) is 4.98 Å². The standard InChI is InChI=1S/C16H12Cl2N2O/c17-10-5-13(18)15-14(6-10)20-16(21-15)12-8-19-7-9-3-1-2-4-11(9)12/h1-6,12,19H,7-8H2. The summed E-state index contributed by atoms with van der Waals surface area (Å²) in [5, 5.41) is 4.46. The van der Waals surface area contributed by atoms with Gasteiger partial charge in [0.15, 0.2) is 5.58 Å². The smallest absolute Gasteiger partial charge is 0.204 e. The molecule has 0 saturated carbocycles. The van der Waals surface area contributed by atoms with Crippen LogP contribution in [-0.4, -0.2) is 11.5 Å². The second-order valence-corrected chi connectivity index (χ2v) is 6.01. The van der Waals surface area contributed by atoms with Crippen molar-refractivity contribution in [1.82, 2.24) is 10.3 Å². The zero-order valence-corrected chi connectivity index (χ0v) is 12.6. The Kier molecular flexibility index (Phi) is 3.14. The first-order valence-corrected chi connectivity index (χ1v) is 7.52. The number of aromatic nitrogens is 1. The SMILES string of the molecule is Clc1cc(Cl)c2oc(C3CNCc4ccccc43)nc2c1. The van der Waals surface area contributed by atoms with Crippen molar-refractivity contribution in [3.05, 3.63) is 63.5 Å². The summed E-state index contributed by atoms with van der Waals surface area (Å²) in [7, 11) is 0. The van der Waals surface area contributed by atoms with Crippen molar-refractivity contribution in [3.63, 3.8) is 0 Å². The Labute approximate surface area is 131 Å². The lowest BCUT2D eigenvalue weighted by molar-refractivity contribution is 0.464. The fourth-order valence-electron chi connectivity index (χ4n) is 2.84. The molecule has 1 aliphatic rings. The maximum Gasteiger partial charge on any atom is 0.204 e. The van der Waals surface area contributed by atoms with Gasteiger partial charge in [-0.15, -0.1) is 0 Å². The molecule has 21 heavy (non-hydrogen) atoms. The lowest BCUT2D eigenvalue weighted by atomic mass is 9.91. The molecule has 0 saturated heterocycles. The molecule has 1 atom stereocenters. The fourth-order valence-corrected chi connectivity index (χ4v) is 3.36. The molecule has 1 N–H and O–H groups in total. The van der Waals surface area contributed by atoms with Crippen LogP contribution in [0.3, 0.4) is 0 Å². The third-order valence-corrected chi connectivity index (χ3v) is 4.32. The molecule has 0 radical (unpaired) electrons. The van der Waals surface area contributed by atoms with E-state index in [-0.39, 0.29) is 5.92 Å². The van der Waals surface area contributed by atoms with Crippen LogP contribution in [0, 0.1) is 0 Å². The summed E-state index contributed by atoms with van der Waals surface area (Å²) in [5.74, 6) is 0.769. The summed E-state index contributed by atoms with van der Waals surface area (Å²) >= 11 is 12.2. The van der Waals surface area contributed by atoms with E-state index in [2.05, 4.69) is 22.4 Å². The maximum absolute atomic E-state index is 6.18. The quantitative estimate of drug-likeness (QED) is 0.724. The van der Waals surface area contributed by atoms with Gasteiger partial charge in [0.25, 0.3) is 0 Å². The molecule has 1 aliphatic heterocycles. The number of hydrogen-bond donors (Lipinski definition) is 1. The van der Waals surface area contributed by atoms with Crippen LogP contribution in [0.2, 0.25) is 10.0 Å². The lowest BCUT2D eigenvalue weighted by Gasteiger charge is -2.23. The van der Waals surface area contributed by atoms with Crippen LogP contribution in [-0.2, 0) is 6.54 Å². The highest BCUT2D eigenvalue weighted by Crippen LogP contribution is 2.34. The molecule has 106 valence electrons. The van der Waals surface area contributed by atoms with Crippen LogP contribution in [0.1, 0.15) is 22.9 Å². The predicted molar refractivity (Wildman–Crippen MR) is 84.0 cm³/mol. The van der Waals surface area contributed by atoms with Gasteiger partial charge in [0.2, 0.25) is 5.89 Å².